The number of nitrogens with one attached hydrogen (secondary N) is 1. The Morgan fingerprint density at radius 2 is 2.10 bits per heavy atom. The average molecular weight is 281 g/mol. The molecule has 0 saturated heterocycles. The summed E-state index contributed by atoms with van der Waals surface area (Å²) in [4.78, 5) is 34.9. The number of carbonyl (C=O) groups excluding carboxylic acids is 1. The molecule has 2 N–H and O–H groups in total. The van der Waals surface area contributed by atoms with Crippen LogP contribution in [0, 0.1) is 0 Å². The van der Waals surface area contributed by atoms with Gasteiger partial charge in [0.1, 0.15) is 6.54 Å². The topological polar surface area (TPSA) is 93.3 Å². The van der Waals surface area contributed by atoms with Crippen LogP contribution in [0.2, 0.25) is 0 Å². The van der Waals surface area contributed by atoms with Gasteiger partial charge in [-0.3, -0.25) is 18.7 Å². The molecule has 1 amide bonds. The fraction of sp³-hybridized carbons (Fsp3) is 0.615. The van der Waals surface area contributed by atoms with E-state index in [1.54, 1.807) is 0 Å². The molecule has 1 fully saturated rings. The van der Waals surface area contributed by atoms with Gasteiger partial charge >= 0.3 is 5.69 Å². The van der Waals surface area contributed by atoms with E-state index in [1.807, 2.05) is 0 Å². The number of aromatic nitrogens is 2. The third-order valence-corrected chi connectivity index (χ3v) is 3.65. The summed E-state index contributed by atoms with van der Waals surface area (Å²) in [6, 6.07) is 0.990. The molecular formula is C13H19N3O4. The number of aliphatic hydroxyl groups excluding tert-OH is 1. The Labute approximate surface area is 115 Å². The van der Waals surface area contributed by atoms with E-state index in [1.165, 1.54) is 23.9 Å². The Balaban J connectivity index is 2.03. The molecule has 7 nitrogen and oxygen atoms in total. The number of carbonyl (C=O) groups is 1. The summed E-state index contributed by atoms with van der Waals surface area (Å²) < 4.78 is 2.12. The van der Waals surface area contributed by atoms with E-state index in [0.29, 0.717) is 6.42 Å². The van der Waals surface area contributed by atoms with Crippen molar-refractivity contribution < 1.29 is 9.90 Å². The maximum Gasteiger partial charge on any atom is 0.331 e. The van der Waals surface area contributed by atoms with Gasteiger partial charge in [0.25, 0.3) is 5.56 Å². The van der Waals surface area contributed by atoms with E-state index in [9.17, 15) is 19.5 Å². The molecular weight excluding hydrogens is 262 g/mol. The van der Waals surface area contributed by atoms with E-state index in [2.05, 4.69) is 5.32 Å². The first-order valence-corrected chi connectivity index (χ1v) is 6.73. The van der Waals surface area contributed by atoms with Crippen molar-refractivity contribution in [1.29, 1.82) is 0 Å². The van der Waals surface area contributed by atoms with Crippen molar-refractivity contribution in [2.45, 2.75) is 44.4 Å². The quantitative estimate of drug-likeness (QED) is 0.740. The zero-order chi connectivity index (χ0) is 14.7. The first kappa shape index (κ1) is 14.5. The second-order valence-corrected chi connectivity index (χ2v) is 5.15. The monoisotopic (exact) mass is 281 g/mol. The summed E-state index contributed by atoms with van der Waals surface area (Å²) in [7, 11) is 1.37. The molecule has 20 heavy (non-hydrogen) atoms. The minimum atomic E-state index is -0.531. The second-order valence-electron chi connectivity index (χ2n) is 5.15. The summed E-state index contributed by atoms with van der Waals surface area (Å²) in [6.07, 6.45) is 4.15. The standard InChI is InChI=1S/C13H19N3O4/c1-15-12(19)6-7-16(13(15)20)8-11(18)14-9-4-2-3-5-10(9)17/h6-7,9-10,17H,2-5,8H2,1H3,(H,14,18). The predicted molar refractivity (Wildman–Crippen MR) is 72.3 cm³/mol. The van der Waals surface area contributed by atoms with Crippen LogP contribution in [0.5, 0.6) is 0 Å². The molecule has 7 heteroatoms. The maximum absolute atomic E-state index is 11.9. The van der Waals surface area contributed by atoms with Crippen molar-refractivity contribution in [2.24, 2.45) is 7.05 Å². The molecule has 1 aliphatic rings. The Morgan fingerprint density at radius 3 is 2.80 bits per heavy atom. The van der Waals surface area contributed by atoms with Crippen LogP contribution in [0.25, 0.3) is 0 Å². The Hall–Kier alpha value is -1.89. The van der Waals surface area contributed by atoms with Gasteiger partial charge in [-0.15, -0.1) is 0 Å². The van der Waals surface area contributed by atoms with Gasteiger partial charge in [-0.25, -0.2) is 4.79 Å². The van der Waals surface area contributed by atoms with Crippen molar-refractivity contribution >= 4 is 5.91 Å². The van der Waals surface area contributed by atoms with Gasteiger partial charge in [-0.2, -0.15) is 0 Å². The lowest BCUT2D eigenvalue weighted by molar-refractivity contribution is -0.123. The summed E-state index contributed by atoms with van der Waals surface area (Å²) in [6.45, 7) is -0.157. The van der Waals surface area contributed by atoms with Crippen LogP contribution in [0.1, 0.15) is 25.7 Å². The first-order valence-electron chi connectivity index (χ1n) is 6.73. The fourth-order valence-corrected chi connectivity index (χ4v) is 2.42. The number of aliphatic hydroxyl groups is 1. The molecule has 0 radical (unpaired) electrons. The lowest BCUT2D eigenvalue weighted by Crippen LogP contribution is -2.47. The third-order valence-electron chi connectivity index (χ3n) is 3.65. The number of hydrogen-bond acceptors (Lipinski definition) is 4. The largest absolute Gasteiger partial charge is 0.391 e. The van der Waals surface area contributed by atoms with E-state index in [-0.39, 0.29) is 18.5 Å². The number of nitrogens with zero attached hydrogens (tertiary/aromatic N) is 2. The van der Waals surface area contributed by atoms with Gasteiger partial charge in [-0.1, -0.05) is 12.8 Å². The lowest BCUT2D eigenvalue weighted by Gasteiger charge is -2.28. The highest BCUT2D eigenvalue weighted by atomic mass is 16.3. The summed E-state index contributed by atoms with van der Waals surface area (Å²) in [5.41, 5.74) is -0.939. The van der Waals surface area contributed by atoms with Crippen LogP contribution in [0.4, 0.5) is 0 Å². The van der Waals surface area contributed by atoms with Gasteiger partial charge in [0.2, 0.25) is 5.91 Å². The van der Waals surface area contributed by atoms with Gasteiger partial charge in [0, 0.05) is 19.3 Å². The van der Waals surface area contributed by atoms with Gasteiger partial charge in [0.05, 0.1) is 12.1 Å². The predicted octanol–water partition coefficient (Wildman–Crippen LogP) is -1.03. The molecule has 0 bridgehead atoms. The Kier molecular flexibility index (Phi) is 4.39. The summed E-state index contributed by atoms with van der Waals surface area (Å²) >= 11 is 0. The average Bonchev–Trinajstić information content (AvgIpc) is 2.42. The zero-order valence-corrected chi connectivity index (χ0v) is 11.4. The molecule has 1 heterocycles. The number of amides is 1. The normalized spacial score (nSPS) is 22.5. The van der Waals surface area contributed by atoms with Crippen molar-refractivity contribution in [1.82, 2.24) is 14.5 Å². The van der Waals surface area contributed by atoms with E-state index in [4.69, 9.17) is 0 Å². The van der Waals surface area contributed by atoms with Crippen LogP contribution in [0.3, 0.4) is 0 Å². The van der Waals surface area contributed by atoms with Crippen molar-refractivity contribution in [3.05, 3.63) is 33.1 Å². The summed E-state index contributed by atoms with van der Waals surface area (Å²) in [5.74, 6) is -0.336. The van der Waals surface area contributed by atoms with E-state index < -0.39 is 17.4 Å². The molecule has 2 atom stereocenters. The van der Waals surface area contributed by atoms with Crippen LogP contribution in [-0.2, 0) is 18.4 Å². The number of hydrogen-bond donors (Lipinski definition) is 2. The van der Waals surface area contributed by atoms with Crippen molar-refractivity contribution in [3.8, 4) is 0 Å². The lowest BCUT2D eigenvalue weighted by atomic mass is 9.92. The molecule has 1 aromatic heterocycles. The fourth-order valence-electron chi connectivity index (χ4n) is 2.42. The SMILES string of the molecule is Cn1c(=O)ccn(CC(=O)NC2CCCCC2O)c1=O. The summed E-state index contributed by atoms with van der Waals surface area (Å²) in [5, 5.41) is 12.5. The molecule has 2 unspecified atom stereocenters. The Morgan fingerprint density at radius 1 is 1.40 bits per heavy atom. The maximum atomic E-state index is 11.9. The molecule has 1 aromatic rings. The Bertz CT molecular complexity index is 604. The van der Waals surface area contributed by atoms with Crippen molar-refractivity contribution in [3.63, 3.8) is 0 Å². The first-order chi connectivity index (χ1) is 9.49. The van der Waals surface area contributed by atoms with Gasteiger partial charge < -0.3 is 10.4 Å². The molecule has 0 aromatic carbocycles. The molecule has 0 spiro atoms. The third kappa shape index (κ3) is 3.16. The molecule has 1 aliphatic carbocycles. The molecule has 110 valence electrons. The molecule has 1 saturated carbocycles. The molecule has 0 aliphatic heterocycles. The van der Waals surface area contributed by atoms with Crippen LogP contribution in [-0.4, -0.2) is 32.3 Å². The van der Waals surface area contributed by atoms with E-state index >= 15 is 0 Å². The van der Waals surface area contributed by atoms with Crippen LogP contribution < -0.4 is 16.6 Å². The van der Waals surface area contributed by atoms with Crippen molar-refractivity contribution in [2.75, 3.05) is 0 Å². The van der Waals surface area contributed by atoms with Gasteiger partial charge in [-0.05, 0) is 12.8 Å². The molecule has 2 rings (SSSR count). The smallest absolute Gasteiger partial charge is 0.331 e. The van der Waals surface area contributed by atoms with Gasteiger partial charge in [0.15, 0.2) is 0 Å². The van der Waals surface area contributed by atoms with Crippen LogP contribution in [0.15, 0.2) is 21.9 Å². The minimum Gasteiger partial charge on any atom is -0.391 e. The number of rotatable bonds is 3. The van der Waals surface area contributed by atoms with Crippen LogP contribution >= 0.6 is 0 Å². The van der Waals surface area contributed by atoms with E-state index in [0.717, 1.165) is 23.8 Å². The zero-order valence-electron chi connectivity index (χ0n) is 11.4. The minimum absolute atomic E-state index is 0.157. The highest BCUT2D eigenvalue weighted by molar-refractivity contribution is 5.76. The highest BCUT2D eigenvalue weighted by Crippen LogP contribution is 2.18. The highest BCUT2D eigenvalue weighted by Gasteiger charge is 2.24. The second kappa shape index (κ2) is 6.04.